The fraction of sp³-hybridized carbons (Fsp3) is 0.278. The van der Waals surface area contributed by atoms with Crippen molar-refractivity contribution in [3.8, 4) is 11.5 Å². The molecule has 0 aromatic heterocycles. The third-order valence-electron chi connectivity index (χ3n) is 6.70. The zero-order chi connectivity index (χ0) is 30.0. The van der Waals surface area contributed by atoms with Gasteiger partial charge in [0.05, 0.1) is 20.1 Å². The van der Waals surface area contributed by atoms with Crippen LogP contribution < -0.4 is 9.47 Å². The van der Waals surface area contributed by atoms with Gasteiger partial charge in [0.25, 0.3) is 0 Å². The third kappa shape index (κ3) is 11.5. The molecule has 4 aromatic rings. The number of carbonyl (C=O) groups is 2. The van der Waals surface area contributed by atoms with Crippen LogP contribution in [0, 0.1) is 5.92 Å². The van der Waals surface area contributed by atoms with Gasteiger partial charge in [0.15, 0.2) is 0 Å². The molecule has 0 saturated carbocycles. The van der Waals surface area contributed by atoms with Gasteiger partial charge in [-0.1, -0.05) is 91.9 Å². The quantitative estimate of drug-likeness (QED) is 0.157. The van der Waals surface area contributed by atoms with E-state index in [1.165, 1.54) is 14.2 Å². The number of esters is 2. The van der Waals surface area contributed by atoms with Crippen LogP contribution in [0.5, 0.6) is 11.5 Å². The number of methoxy groups -OCH3 is 2. The first kappa shape index (κ1) is 31.9. The molecule has 220 valence electrons. The highest BCUT2D eigenvalue weighted by atomic mass is 16.5. The van der Waals surface area contributed by atoms with Gasteiger partial charge in [0.1, 0.15) is 24.7 Å². The zero-order valence-corrected chi connectivity index (χ0v) is 24.7. The molecule has 0 aliphatic carbocycles. The van der Waals surface area contributed by atoms with Crippen LogP contribution in [0.4, 0.5) is 0 Å². The maximum atomic E-state index is 11.6. The second-order valence-corrected chi connectivity index (χ2v) is 9.75. The van der Waals surface area contributed by atoms with Gasteiger partial charge in [0, 0.05) is 6.42 Å². The zero-order valence-electron chi connectivity index (χ0n) is 24.7. The maximum Gasteiger partial charge on any atom is 0.308 e. The second-order valence-electron chi connectivity index (χ2n) is 9.75. The van der Waals surface area contributed by atoms with Crippen LogP contribution in [0.15, 0.2) is 109 Å². The fourth-order valence-electron chi connectivity index (χ4n) is 4.15. The Hall–Kier alpha value is -4.58. The summed E-state index contributed by atoms with van der Waals surface area (Å²) in [7, 11) is 2.84. The van der Waals surface area contributed by atoms with E-state index < -0.39 is 0 Å². The van der Waals surface area contributed by atoms with E-state index in [9.17, 15) is 9.59 Å². The van der Waals surface area contributed by atoms with Gasteiger partial charge in [0.2, 0.25) is 0 Å². The molecule has 1 atom stereocenters. The molecule has 0 radical (unpaired) electrons. The molecule has 0 bridgehead atoms. The van der Waals surface area contributed by atoms with E-state index in [4.69, 9.17) is 14.2 Å². The topological polar surface area (TPSA) is 71.1 Å². The molecular formula is C36H40O6. The van der Waals surface area contributed by atoms with Gasteiger partial charge in [-0.25, -0.2) is 0 Å². The molecule has 0 aliphatic rings. The first-order valence-electron chi connectivity index (χ1n) is 14.2. The lowest BCUT2D eigenvalue weighted by Crippen LogP contribution is -2.17. The van der Waals surface area contributed by atoms with Crippen molar-refractivity contribution in [1.29, 1.82) is 0 Å². The van der Waals surface area contributed by atoms with Crippen molar-refractivity contribution in [2.45, 2.75) is 45.8 Å². The van der Waals surface area contributed by atoms with Gasteiger partial charge in [-0.2, -0.15) is 0 Å². The highest BCUT2D eigenvalue weighted by molar-refractivity contribution is 5.72. The Bertz CT molecular complexity index is 1320. The van der Waals surface area contributed by atoms with Crippen LogP contribution in [-0.4, -0.2) is 26.2 Å². The minimum Gasteiger partial charge on any atom is -0.489 e. The van der Waals surface area contributed by atoms with Crippen LogP contribution in [0.3, 0.4) is 0 Å². The summed E-state index contributed by atoms with van der Waals surface area (Å²) >= 11 is 0. The normalized spacial score (nSPS) is 10.9. The van der Waals surface area contributed by atoms with Crippen molar-refractivity contribution in [2.24, 2.45) is 5.92 Å². The summed E-state index contributed by atoms with van der Waals surface area (Å²) in [5.41, 5.74) is 4.50. The van der Waals surface area contributed by atoms with Gasteiger partial charge < -0.3 is 18.9 Å². The standard InChI is InChI=1S/C19H22O3.C17H18O3/c1-3-17(19(20)21-2)13-15-9-11-18(12-10-15)22-14-16-7-5-4-6-8-16;1-19-17(18)12-9-14-7-10-16(11-8-14)20-13-15-5-3-2-4-6-15/h4-12,17H,3,13-14H2,1-2H3;2-8,10-11H,9,12-13H2,1H3. The van der Waals surface area contributed by atoms with Gasteiger partial charge in [-0.15, -0.1) is 0 Å². The number of hydrogen-bond donors (Lipinski definition) is 0. The van der Waals surface area contributed by atoms with E-state index >= 15 is 0 Å². The molecule has 0 spiro atoms. The summed E-state index contributed by atoms with van der Waals surface area (Å²) in [5.74, 6) is 1.25. The van der Waals surface area contributed by atoms with Crippen molar-refractivity contribution in [3.63, 3.8) is 0 Å². The molecular weight excluding hydrogens is 528 g/mol. The first-order chi connectivity index (χ1) is 20.5. The monoisotopic (exact) mass is 568 g/mol. The Morgan fingerprint density at radius 2 is 1.07 bits per heavy atom. The number of rotatable bonds is 13. The Labute approximate surface area is 249 Å². The lowest BCUT2D eigenvalue weighted by molar-refractivity contribution is -0.145. The summed E-state index contributed by atoms with van der Waals surface area (Å²) in [6.07, 6.45) is 2.56. The Kier molecular flexibility index (Phi) is 13.7. The summed E-state index contributed by atoms with van der Waals surface area (Å²) in [5, 5.41) is 0. The molecule has 0 N–H and O–H groups in total. The molecule has 6 heteroatoms. The van der Waals surface area contributed by atoms with Gasteiger partial charge in [-0.3, -0.25) is 9.59 Å². The predicted octanol–water partition coefficient (Wildman–Crippen LogP) is 7.38. The van der Waals surface area contributed by atoms with Crippen molar-refractivity contribution < 1.29 is 28.5 Å². The van der Waals surface area contributed by atoms with Crippen LogP contribution in [0.1, 0.15) is 42.0 Å². The number of carbonyl (C=O) groups excluding carboxylic acids is 2. The Balaban J connectivity index is 0.000000231. The number of benzene rings is 4. The summed E-state index contributed by atoms with van der Waals surface area (Å²) in [6, 6.07) is 35.8. The third-order valence-corrected chi connectivity index (χ3v) is 6.70. The highest BCUT2D eigenvalue weighted by Gasteiger charge is 2.17. The molecule has 4 rings (SSSR count). The van der Waals surface area contributed by atoms with Crippen molar-refractivity contribution in [2.75, 3.05) is 14.2 Å². The summed E-state index contributed by atoms with van der Waals surface area (Å²) in [6.45, 7) is 3.11. The lowest BCUT2D eigenvalue weighted by Gasteiger charge is -2.13. The number of hydrogen-bond acceptors (Lipinski definition) is 6. The predicted molar refractivity (Wildman–Crippen MR) is 164 cm³/mol. The minimum atomic E-state index is -0.186. The van der Waals surface area contributed by atoms with E-state index in [2.05, 4.69) is 4.74 Å². The fourth-order valence-corrected chi connectivity index (χ4v) is 4.15. The van der Waals surface area contributed by atoms with E-state index in [1.54, 1.807) is 0 Å². The van der Waals surface area contributed by atoms with Crippen LogP contribution >= 0.6 is 0 Å². The van der Waals surface area contributed by atoms with Crippen LogP contribution in [-0.2, 0) is 45.1 Å². The lowest BCUT2D eigenvalue weighted by atomic mass is 9.97. The van der Waals surface area contributed by atoms with Gasteiger partial charge >= 0.3 is 11.9 Å². The maximum absolute atomic E-state index is 11.6. The molecule has 0 heterocycles. The first-order valence-corrected chi connectivity index (χ1v) is 14.2. The van der Waals surface area contributed by atoms with Crippen molar-refractivity contribution in [1.82, 2.24) is 0 Å². The molecule has 0 aliphatic heterocycles. The van der Waals surface area contributed by atoms with Gasteiger partial charge in [-0.05, 0) is 65.8 Å². The van der Waals surface area contributed by atoms with Crippen molar-refractivity contribution >= 4 is 11.9 Å². The minimum absolute atomic E-state index is 0.0823. The number of aryl methyl sites for hydroxylation is 1. The number of ether oxygens (including phenoxy) is 4. The molecule has 1 unspecified atom stereocenters. The molecule has 42 heavy (non-hydrogen) atoms. The molecule has 0 fully saturated rings. The van der Waals surface area contributed by atoms with Crippen molar-refractivity contribution in [3.05, 3.63) is 131 Å². The Morgan fingerprint density at radius 3 is 1.50 bits per heavy atom. The smallest absolute Gasteiger partial charge is 0.308 e. The summed E-state index contributed by atoms with van der Waals surface area (Å²) in [4.78, 5) is 22.7. The van der Waals surface area contributed by atoms with E-state index in [0.29, 0.717) is 32.5 Å². The van der Waals surface area contributed by atoms with Crippen LogP contribution in [0.25, 0.3) is 0 Å². The molecule has 0 saturated heterocycles. The average molecular weight is 569 g/mol. The van der Waals surface area contributed by atoms with E-state index in [-0.39, 0.29) is 17.9 Å². The average Bonchev–Trinajstić information content (AvgIpc) is 3.06. The SMILES string of the molecule is CCC(Cc1ccc(OCc2ccccc2)cc1)C(=O)OC.COC(=O)CCc1ccc(OCc2ccccc2)cc1. The molecule has 4 aromatic carbocycles. The molecule has 0 amide bonds. The highest BCUT2D eigenvalue weighted by Crippen LogP contribution is 2.19. The summed E-state index contributed by atoms with van der Waals surface area (Å²) < 4.78 is 20.9. The van der Waals surface area contributed by atoms with E-state index in [0.717, 1.165) is 40.2 Å². The molecule has 6 nitrogen and oxygen atoms in total. The second kappa shape index (κ2) is 18.0. The van der Waals surface area contributed by atoms with E-state index in [1.807, 2.05) is 116 Å². The Morgan fingerprint density at radius 1 is 0.595 bits per heavy atom. The van der Waals surface area contributed by atoms with Crippen LogP contribution in [0.2, 0.25) is 0 Å². The largest absolute Gasteiger partial charge is 0.489 e.